The molecule has 0 saturated heterocycles. The average molecular weight is 759 g/mol. The van der Waals surface area contributed by atoms with Gasteiger partial charge in [0, 0.05) is 69.9 Å². The van der Waals surface area contributed by atoms with Crippen molar-refractivity contribution in [2.45, 2.75) is 0 Å². The van der Waals surface area contributed by atoms with Crippen molar-refractivity contribution >= 4 is 92.3 Å². The molecular weight excluding hydrogens is 725 g/mol. The third-order valence-electron chi connectivity index (χ3n) is 11.6. The third-order valence-corrected chi connectivity index (χ3v) is 12.8. The van der Waals surface area contributed by atoms with Crippen LogP contribution in [0.15, 0.2) is 211 Å². The van der Waals surface area contributed by atoms with Gasteiger partial charge in [-0.05, 0) is 77.9 Å². The van der Waals surface area contributed by atoms with Gasteiger partial charge in [-0.15, -0.1) is 11.3 Å². The molecule has 0 unspecified atom stereocenters. The molecule has 3 aromatic heterocycles. The molecule has 0 saturated carbocycles. The molecule has 0 bridgehead atoms. The molecule has 4 heteroatoms. The van der Waals surface area contributed by atoms with Crippen LogP contribution < -0.4 is 4.90 Å². The molecule has 0 aliphatic rings. The van der Waals surface area contributed by atoms with Gasteiger partial charge in [0.1, 0.15) is 11.2 Å². The molecule has 58 heavy (non-hydrogen) atoms. The minimum absolute atomic E-state index is 0.906. The summed E-state index contributed by atoms with van der Waals surface area (Å²) < 4.78 is 11.4. The Labute approximate surface area is 338 Å². The maximum atomic E-state index is 6.46. The summed E-state index contributed by atoms with van der Waals surface area (Å²) in [6, 6.07) is 74.4. The van der Waals surface area contributed by atoms with E-state index in [2.05, 4.69) is 204 Å². The lowest BCUT2D eigenvalue weighted by Gasteiger charge is -2.28. The fourth-order valence-corrected chi connectivity index (χ4v) is 10.3. The minimum Gasteiger partial charge on any atom is -0.455 e. The maximum Gasteiger partial charge on any atom is 0.143 e. The van der Waals surface area contributed by atoms with Crippen molar-refractivity contribution in [2.24, 2.45) is 0 Å². The van der Waals surface area contributed by atoms with Crippen LogP contribution in [0.25, 0.3) is 91.9 Å². The van der Waals surface area contributed by atoms with Crippen LogP contribution in [-0.2, 0) is 0 Å². The first-order valence-electron chi connectivity index (χ1n) is 19.7. The van der Waals surface area contributed by atoms with Crippen LogP contribution in [0.4, 0.5) is 17.1 Å². The van der Waals surface area contributed by atoms with Crippen molar-refractivity contribution in [3.05, 3.63) is 206 Å². The van der Waals surface area contributed by atoms with E-state index >= 15 is 0 Å². The number of thiophene rings is 1. The van der Waals surface area contributed by atoms with Gasteiger partial charge < -0.3 is 13.9 Å². The fraction of sp³-hybridized carbons (Fsp3) is 0. The van der Waals surface area contributed by atoms with Crippen LogP contribution in [0.5, 0.6) is 0 Å². The van der Waals surface area contributed by atoms with Gasteiger partial charge in [0.25, 0.3) is 0 Å². The molecule has 0 fully saturated rings. The van der Waals surface area contributed by atoms with Crippen molar-refractivity contribution in [3.8, 4) is 27.9 Å². The summed E-state index contributed by atoms with van der Waals surface area (Å²) in [6.07, 6.45) is 0. The van der Waals surface area contributed by atoms with Crippen LogP contribution in [0.2, 0.25) is 0 Å². The zero-order valence-electron chi connectivity index (χ0n) is 31.3. The summed E-state index contributed by atoms with van der Waals surface area (Å²) in [5.74, 6) is 0. The smallest absolute Gasteiger partial charge is 0.143 e. The SMILES string of the molecule is c1ccc(N(c2ccc(-c3cccc4c3oc3ccccc34)cc2)c2ccc3c(sc4ccccc43)c2-c2cccc(-n3c4ccccc4c4ccccc43)c2)cc1. The highest BCUT2D eigenvalue weighted by atomic mass is 32.1. The molecule has 0 N–H and O–H groups in total. The first-order chi connectivity index (χ1) is 28.8. The second-order valence-corrected chi connectivity index (χ2v) is 15.9. The van der Waals surface area contributed by atoms with Crippen molar-refractivity contribution < 1.29 is 4.42 Å². The highest BCUT2D eigenvalue weighted by molar-refractivity contribution is 7.26. The second kappa shape index (κ2) is 13.1. The van der Waals surface area contributed by atoms with E-state index in [4.69, 9.17) is 4.42 Å². The lowest BCUT2D eigenvalue weighted by atomic mass is 9.98. The number of fused-ring (bicyclic) bond motifs is 9. The normalized spacial score (nSPS) is 11.8. The largest absolute Gasteiger partial charge is 0.455 e. The molecule has 0 spiro atoms. The number of hydrogen-bond donors (Lipinski definition) is 0. The molecule has 0 amide bonds. The number of rotatable bonds is 6. The van der Waals surface area contributed by atoms with Crippen LogP contribution in [0.1, 0.15) is 0 Å². The number of benzene rings is 9. The Bertz CT molecular complexity index is 3460. The molecule has 0 aliphatic carbocycles. The molecule has 0 atom stereocenters. The van der Waals surface area contributed by atoms with E-state index in [1.54, 1.807) is 0 Å². The van der Waals surface area contributed by atoms with Gasteiger partial charge in [-0.2, -0.15) is 0 Å². The number of nitrogens with zero attached hydrogens (tertiary/aromatic N) is 2. The van der Waals surface area contributed by atoms with Gasteiger partial charge >= 0.3 is 0 Å². The summed E-state index contributed by atoms with van der Waals surface area (Å²) >= 11 is 1.87. The van der Waals surface area contributed by atoms with Gasteiger partial charge in [-0.1, -0.05) is 140 Å². The lowest BCUT2D eigenvalue weighted by Crippen LogP contribution is -2.11. The molecule has 0 radical (unpaired) electrons. The highest BCUT2D eigenvalue weighted by Crippen LogP contribution is 2.49. The van der Waals surface area contributed by atoms with Gasteiger partial charge in [0.05, 0.1) is 16.7 Å². The zero-order valence-corrected chi connectivity index (χ0v) is 32.2. The van der Waals surface area contributed by atoms with Gasteiger partial charge in [-0.25, -0.2) is 0 Å². The standard InChI is InChI=1S/C54H34N2OS/c1-2-15-37(16-3-1)55(38-30-28-35(29-31-38)40-22-13-23-45-43-20-6-10-26-50(43)57-53(40)45)49-33-32-46-44-21-7-11-27-51(44)58-54(46)52(49)36-14-12-17-39(34-36)56-47-24-8-4-18-41(47)42-19-5-9-25-48(42)56/h1-34H. The van der Waals surface area contributed by atoms with Crippen LogP contribution in [0, 0.1) is 0 Å². The van der Waals surface area contributed by atoms with Crippen LogP contribution in [-0.4, -0.2) is 4.57 Å². The number of hydrogen-bond acceptors (Lipinski definition) is 3. The Morgan fingerprint density at radius 2 is 1.07 bits per heavy atom. The van der Waals surface area contributed by atoms with Gasteiger partial charge in [0.15, 0.2) is 0 Å². The second-order valence-electron chi connectivity index (χ2n) is 14.9. The molecular formula is C54H34N2OS. The Morgan fingerprint density at radius 3 is 1.86 bits per heavy atom. The number of para-hydroxylation sites is 5. The molecule has 0 aliphatic heterocycles. The molecule has 12 rings (SSSR count). The van der Waals surface area contributed by atoms with Gasteiger partial charge in [-0.3, -0.25) is 0 Å². The summed E-state index contributed by atoms with van der Waals surface area (Å²) in [4.78, 5) is 2.41. The number of anilines is 3. The average Bonchev–Trinajstić information content (AvgIpc) is 3.97. The summed E-state index contributed by atoms with van der Waals surface area (Å²) in [7, 11) is 0. The molecule has 3 heterocycles. The van der Waals surface area contributed by atoms with E-state index < -0.39 is 0 Å². The quantitative estimate of drug-likeness (QED) is 0.168. The third kappa shape index (κ3) is 5.05. The minimum atomic E-state index is 0.906. The molecule has 12 aromatic rings. The van der Waals surface area contributed by atoms with Crippen LogP contribution in [0.3, 0.4) is 0 Å². The van der Waals surface area contributed by atoms with E-state index in [9.17, 15) is 0 Å². The molecule has 272 valence electrons. The first-order valence-corrected chi connectivity index (χ1v) is 20.5. The predicted octanol–water partition coefficient (Wildman–Crippen LogP) is 15.9. The number of aromatic nitrogens is 1. The fourth-order valence-electron chi connectivity index (χ4n) is 9.01. The summed E-state index contributed by atoms with van der Waals surface area (Å²) in [6.45, 7) is 0. The van der Waals surface area contributed by atoms with Crippen molar-refractivity contribution in [3.63, 3.8) is 0 Å². The van der Waals surface area contributed by atoms with E-state index in [1.165, 1.54) is 53.1 Å². The van der Waals surface area contributed by atoms with E-state index in [1.807, 2.05) is 23.5 Å². The highest BCUT2D eigenvalue weighted by Gasteiger charge is 2.23. The Kier molecular flexibility index (Phi) is 7.40. The lowest BCUT2D eigenvalue weighted by molar-refractivity contribution is 0.670. The van der Waals surface area contributed by atoms with Gasteiger partial charge in [0.2, 0.25) is 0 Å². The Hall–Kier alpha value is -7.40. The number of furan rings is 1. The topological polar surface area (TPSA) is 21.3 Å². The zero-order chi connectivity index (χ0) is 38.2. The summed E-state index contributed by atoms with van der Waals surface area (Å²) in [5, 5.41) is 7.33. The molecule has 3 nitrogen and oxygen atoms in total. The van der Waals surface area contributed by atoms with E-state index in [0.717, 1.165) is 55.8 Å². The molecule has 9 aromatic carbocycles. The first kappa shape index (κ1) is 32.8. The Balaban J connectivity index is 1.08. The van der Waals surface area contributed by atoms with Crippen molar-refractivity contribution in [1.82, 2.24) is 4.57 Å². The summed E-state index contributed by atoms with van der Waals surface area (Å²) in [5.41, 5.74) is 13.2. The Morgan fingerprint density at radius 1 is 0.431 bits per heavy atom. The van der Waals surface area contributed by atoms with Crippen molar-refractivity contribution in [2.75, 3.05) is 4.90 Å². The maximum absolute atomic E-state index is 6.46. The van der Waals surface area contributed by atoms with E-state index in [0.29, 0.717) is 0 Å². The monoisotopic (exact) mass is 758 g/mol. The predicted molar refractivity (Wildman–Crippen MR) is 247 cm³/mol. The van der Waals surface area contributed by atoms with Crippen LogP contribution >= 0.6 is 11.3 Å². The van der Waals surface area contributed by atoms with Crippen molar-refractivity contribution in [1.29, 1.82) is 0 Å². The van der Waals surface area contributed by atoms with E-state index in [-0.39, 0.29) is 0 Å².